The summed E-state index contributed by atoms with van der Waals surface area (Å²) in [5, 5.41) is 2.62. The maximum atomic E-state index is 13.6. The lowest BCUT2D eigenvalue weighted by Gasteiger charge is -2.09. The van der Waals surface area contributed by atoms with Crippen molar-refractivity contribution in [1.29, 1.82) is 0 Å². The lowest BCUT2D eigenvalue weighted by atomic mass is 10.2. The maximum absolute atomic E-state index is 13.6. The minimum atomic E-state index is -0.782. The fraction of sp³-hybridized carbons (Fsp3) is 0.222. The molecule has 1 amide bonds. The first-order chi connectivity index (χ1) is 13.0. The van der Waals surface area contributed by atoms with Crippen molar-refractivity contribution in [3.63, 3.8) is 0 Å². The van der Waals surface area contributed by atoms with Gasteiger partial charge >= 0.3 is 5.97 Å². The fourth-order valence-corrected chi connectivity index (χ4v) is 2.55. The highest BCUT2D eigenvalue weighted by molar-refractivity contribution is 9.10. The lowest BCUT2D eigenvalue weighted by Crippen LogP contribution is -2.29. The molecule has 2 aromatic rings. The number of carbonyl (C=O) groups excluding carboxylic acids is 2. The van der Waals surface area contributed by atoms with Crippen molar-refractivity contribution >= 4 is 27.8 Å². The summed E-state index contributed by atoms with van der Waals surface area (Å²) in [7, 11) is 0. The van der Waals surface area contributed by atoms with Gasteiger partial charge in [0, 0.05) is 11.0 Å². The molecular weight excluding hydrogens is 425 g/mol. The number of nitrogens with one attached hydrogen (secondary N) is 1. The van der Waals surface area contributed by atoms with Crippen LogP contribution in [0.4, 0.5) is 4.39 Å². The van der Waals surface area contributed by atoms with Crippen LogP contribution in [-0.2, 0) is 20.9 Å². The summed E-state index contributed by atoms with van der Waals surface area (Å²) in [6.45, 7) is -0.551. The largest absolute Gasteiger partial charge is 0.479 e. The first-order valence-electron chi connectivity index (χ1n) is 7.90. The standard InChI is InChI=1S/C18H15BrFNO6/c19-12-2-4-14(13(20)6-12)24-9-18(23)25-8-17(22)21-7-11-1-3-15-16(5-11)27-10-26-15/h1-6H,7-10H2,(H,21,22). The summed E-state index contributed by atoms with van der Waals surface area (Å²) in [5.74, 6) is -0.681. The summed E-state index contributed by atoms with van der Waals surface area (Å²) in [6, 6.07) is 9.47. The molecule has 1 heterocycles. The Morgan fingerprint density at radius 3 is 2.74 bits per heavy atom. The molecule has 0 aromatic heterocycles. The highest BCUT2D eigenvalue weighted by atomic mass is 79.9. The Balaban J connectivity index is 1.37. The van der Waals surface area contributed by atoms with Crippen molar-refractivity contribution in [3.8, 4) is 17.2 Å². The molecule has 142 valence electrons. The van der Waals surface area contributed by atoms with Crippen LogP contribution in [0.1, 0.15) is 5.56 Å². The van der Waals surface area contributed by atoms with Gasteiger partial charge in [-0.2, -0.15) is 0 Å². The van der Waals surface area contributed by atoms with E-state index < -0.39 is 30.9 Å². The van der Waals surface area contributed by atoms with E-state index in [0.29, 0.717) is 16.0 Å². The molecule has 2 aromatic carbocycles. The van der Waals surface area contributed by atoms with Crippen molar-refractivity contribution in [2.45, 2.75) is 6.54 Å². The number of ether oxygens (including phenoxy) is 4. The molecule has 0 aliphatic carbocycles. The summed E-state index contributed by atoms with van der Waals surface area (Å²) in [5.41, 5.74) is 0.813. The number of benzene rings is 2. The van der Waals surface area contributed by atoms with Crippen molar-refractivity contribution in [3.05, 3.63) is 52.3 Å². The van der Waals surface area contributed by atoms with E-state index in [1.54, 1.807) is 24.3 Å². The van der Waals surface area contributed by atoms with Crippen LogP contribution in [0.15, 0.2) is 40.9 Å². The molecule has 0 fully saturated rings. The van der Waals surface area contributed by atoms with Gasteiger partial charge in [-0.1, -0.05) is 22.0 Å². The van der Waals surface area contributed by atoms with Crippen molar-refractivity contribution in [2.75, 3.05) is 20.0 Å². The first kappa shape index (κ1) is 19.0. The Morgan fingerprint density at radius 2 is 1.93 bits per heavy atom. The SMILES string of the molecule is O=C(COC(=O)COc1ccc(Br)cc1F)NCc1ccc2c(c1)OCO2. The predicted molar refractivity (Wildman–Crippen MR) is 95.0 cm³/mol. The van der Waals surface area contributed by atoms with Gasteiger partial charge in [0.25, 0.3) is 5.91 Å². The second kappa shape index (κ2) is 8.72. The van der Waals surface area contributed by atoms with Crippen LogP contribution in [0, 0.1) is 5.82 Å². The lowest BCUT2D eigenvalue weighted by molar-refractivity contribution is -0.150. The molecule has 0 spiro atoms. The average Bonchev–Trinajstić information content (AvgIpc) is 3.11. The molecule has 0 saturated carbocycles. The number of carbonyl (C=O) groups is 2. The Labute approximate surface area is 162 Å². The topological polar surface area (TPSA) is 83.1 Å². The van der Waals surface area contributed by atoms with Crippen LogP contribution in [0.5, 0.6) is 17.2 Å². The second-order valence-electron chi connectivity index (χ2n) is 5.49. The van der Waals surface area contributed by atoms with E-state index in [0.717, 1.165) is 5.56 Å². The van der Waals surface area contributed by atoms with Crippen LogP contribution in [0.2, 0.25) is 0 Å². The van der Waals surface area contributed by atoms with E-state index in [-0.39, 0.29) is 19.1 Å². The van der Waals surface area contributed by atoms with Gasteiger partial charge in [0.05, 0.1) is 0 Å². The van der Waals surface area contributed by atoms with E-state index in [1.165, 1.54) is 12.1 Å². The monoisotopic (exact) mass is 439 g/mol. The Hall–Kier alpha value is -2.81. The zero-order chi connectivity index (χ0) is 19.2. The zero-order valence-electron chi connectivity index (χ0n) is 14.0. The Kier molecular flexibility index (Phi) is 6.12. The highest BCUT2D eigenvalue weighted by Gasteiger charge is 2.14. The fourth-order valence-electron chi connectivity index (χ4n) is 2.22. The van der Waals surface area contributed by atoms with E-state index >= 15 is 0 Å². The molecule has 0 atom stereocenters. The van der Waals surface area contributed by atoms with Crippen LogP contribution in [-0.4, -0.2) is 31.9 Å². The van der Waals surface area contributed by atoms with Gasteiger partial charge in [0.15, 0.2) is 36.3 Å². The van der Waals surface area contributed by atoms with Gasteiger partial charge in [-0.25, -0.2) is 9.18 Å². The number of halogens is 2. The van der Waals surface area contributed by atoms with Gasteiger partial charge in [-0.15, -0.1) is 0 Å². The van der Waals surface area contributed by atoms with E-state index in [1.807, 2.05) is 0 Å². The first-order valence-corrected chi connectivity index (χ1v) is 8.69. The Bertz CT molecular complexity index is 860. The average molecular weight is 440 g/mol. The maximum Gasteiger partial charge on any atom is 0.344 e. The van der Waals surface area contributed by atoms with Crippen LogP contribution in [0.25, 0.3) is 0 Å². The third-order valence-corrected chi connectivity index (χ3v) is 4.02. The molecule has 3 rings (SSSR count). The van der Waals surface area contributed by atoms with E-state index in [4.69, 9.17) is 18.9 Å². The molecule has 7 nitrogen and oxygen atoms in total. The highest BCUT2D eigenvalue weighted by Crippen LogP contribution is 2.32. The third kappa shape index (κ3) is 5.33. The molecular formula is C18H15BrFNO6. The minimum absolute atomic E-state index is 0.0811. The van der Waals surface area contributed by atoms with E-state index in [2.05, 4.69) is 21.2 Å². The predicted octanol–water partition coefficient (Wildman–Crippen LogP) is 2.56. The Morgan fingerprint density at radius 1 is 1.11 bits per heavy atom. The van der Waals surface area contributed by atoms with Gasteiger partial charge in [0.2, 0.25) is 6.79 Å². The molecule has 0 radical (unpaired) electrons. The molecule has 0 bridgehead atoms. The van der Waals surface area contributed by atoms with E-state index in [9.17, 15) is 14.0 Å². The molecule has 0 saturated heterocycles. The number of hydrogen-bond donors (Lipinski definition) is 1. The zero-order valence-corrected chi connectivity index (χ0v) is 15.6. The third-order valence-electron chi connectivity index (χ3n) is 3.53. The second-order valence-corrected chi connectivity index (χ2v) is 6.40. The van der Waals surface area contributed by atoms with Gasteiger partial charge < -0.3 is 24.3 Å². The molecule has 0 unspecified atom stereocenters. The van der Waals surface area contributed by atoms with Gasteiger partial charge in [-0.3, -0.25) is 4.79 Å². The number of esters is 1. The van der Waals surface area contributed by atoms with Crippen LogP contribution in [0.3, 0.4) is 0 Å². The quantitative estimate of drug-likeness (QED) is 0.667. The van der Waals surface area contributed by atoms with Crippen molar-refractivity contribution in [2.24, 2.45) is 0 Å². The number of hydrogen-bond acceptors (Lipinski definition) is 6. The number of fused-ring (bicyclic) bond motifs is 1. The smallest absolute Gasteiger partial charge is 0.344 e. The van der Waals surface area contributed by atoms with Crippen LogP contribution >= 0.6 is 15.9 Å². The van der Waals surface area contributed by atoms with Gasteiger partial charge in [0.1, 0.15) is 0 Å². The van der Waals surface area contributed by atoms with Crippen LogP contribution < -0.4 is 19.5 Å². The number of amides is 1. The molecule has 1 aliphatic rings. The summed E-state index contributed by atoms with van der Waals surface area (Å²) < 4.78 is 34.4. The van der Waals surface area contributed by atoms with Crippen molar-refractivity contribution in [1.82, 2.24) is 5.32 Å². The summed E-state index contributed by atoms with van der Waals surface area (Å²) in [4.78, 5) is 23.4. The minimum Gasteiger partial charge on any atom is -0.479 e. The molecule has 1 aliphatic heterocycles. The number of rotatable bonds is 7. The molecule has 27 heavy (non-hydrogen) atoms. The molecule has 9 heteroatoms. The normalized spacial score (nSPS) is 11.8. The summed E-state index contributed by atoms with van der Waals surface area (Å²) in [6.07, 6.45) is 0. The summed E-state index contributed by atoms with van der Waals surface area (Å²) >= 11 is 3.12. The van der Waals surface area contributed by atoms with Crippen molar-refractivity contribution < 1.29 is 32.9 Å². The van der Waals surface area contributed by atoms with Gasteiger partial charge in [-0.05, 0) is 35.9 Å². The molecule has 1 N–H and O–H groups in total.